The lowest BCUT2D eigenvalue weighted by atomic mass is 10.00. The lowest BCUT2D eigenvalue weighted by Gasteiger charge is -2.11. The first-order valence-corrected chi connectivity index (χ1v) is 7.65. The summed E-state index contributed by atoms with van der Waals surface area (Å²) in [6, 6.07) is 15.0. The number of benzene rings is 2. The Balaban J connectivity index is 2.10. The van der Waals surface area contributed by atoms with Crippen LogP contribution in [-0.2, 0) is 0 Å². The quantitative estimate of drug-likeness (QED) is 0.519. The van der Waals surface area contributed by atoms with Crippen LogP contribution < -0.4 is 0 Å². The maximum absolute atomic E-state index is 6.70. The van der Waals surface area contributed by atoms with Gasteiger partial charge in [0, 0.05) is 4.70 Å². The molecule has 0 aliphatic heterocycles. The van der Waals surface area contributed by atoms with E-state index in [0.717, 1.165) is 0 Å². The Morgan fingerprint density at radius 2 is 1.68 bits per heavy atom. The first-order chi connectivity index (χ1) is 9.15. The Labute approximate surface area is 122 Å². The second kappa shape index (κ2) is 4.99. The van der Waals surface area contributed by atoms with E-state index in [1.54, 1.807) is 11.3 Å². The number of hydrogen-bond acceptors (Lipinski definition) is 1. The molecule has 1 atom stereocenters. The number of rotatable bonds is 2. The van der Waals surface area contributed by atoms with E-state index in [1.807, 2.05) is 0 Å². The van der Waals surface area contributed by atoms with Crippen LogP contribution in [0.5, 0.6) is 0 Å². The lowest BCUT2D eigenvalue weighted by molar-refractivity contribution is 1.15. The molecule has 3 aromatic rings. The molecule has 1 aromatic heterocycles. The largest absolute Gasteiger partial charge is 0.143 e. The lowest BCUT2D eigenvalue weighted by Crippen LogP contribution is -1.94. The molecule has 0 saturated carbocycles. The summed E-state index contributed by atoms with van der Waals surface area (Å²) in [6.07, 6.45) is 0. The van der Waals surface area contributed by atoms with Crippen LogP contribution in [0.4, 0.5) is 0 Å². The van der Waals surface area contributed by atoms with Crippen LogP contribution in [-0.4, -0.2) is 0 Å². The zero-order valence-electron chi connectivity index (χ0n) is 11.0. The van der Waals surface area contributed by atoms with Crippen molar-refractivity contribution in [2.45, 2.75) is 19.2 Å². The third kappa shape index (κ3) is 2.41. The highest BCUT2D eigenvalue weighted by atomic mass is 35.5. The first kappa shape index (κ1) is 12.7. The SMILES string of the molecule is Cc1cc(C)cc(C(Cl)c2csc3ccccc23)c1. The highest BCUT2D eigenvalue weighted by Crippen LogP contribution is 2.37. The highest BCUT2D eigenvalue weighted by Gasteiger charge is 2.15. The minimum atomic E-state index is -0.0743. The summed E-state index contributed by atoms with van der Waals surface area (Å²) < 4.78 is 1.30. The standard InChI is InChI=1S/C17H15ClS/c1-11-7-12(2)9-13(8-11)17(18)15-10-19-16-6-4-3-5-14(15)16/h3-10,17H,1-2H3. The van der Waals surface area contributed by atoms with Crippen molar-refractivity contribution in [3.63, 3.8) is 0 Å². The minimum Gasteiger partial charge on any atom is -0.143 e. The topological polar surface area (TPSA) is 0 Å². The summed E-state index contributed by atoms with van der Waals surface area (Å²) in [4.78, 5) is 0. The molecular formula is C17H15ClS. The molecule has 0 aliphatic carbocycles. The Bertz CT molecular complexity index is 707. The predicted octanol–water partition coefficient (Wildman–Crippen LogP) is 5.85. The average Bonchev–Trinajstić information content (AvgIpc) is 2.80. The van der Waals surface area contributed by atoms with Crippen molar-refractivity contribution in [1.29, 1.82) is 0 Å². The fourth-order valence-electron chi connectivity index (χ4n) is 2.53. The molecule has 19 heavy (non-hydrogen) atoms. The second-order valence-electron chi connectivity index (χ2n) is 4.97. The van der Waals surface area contributed by atoms with Crippen LogP contribution in [0.25, 0.3) is 10.1 Å². The van der Waals surface area contributed by atoms with Gasteiger partial charge in [0.05, 0.1) is 5.38 Å². The fourth-order valence-corrected chi connectivity index (χ4v) is 3.90. The van der Waals surface area contributed by atoms with Gasteiger partial charge in [0.15, 0.2) is 0 Å². The first-order valence-electron chi connectivity index (χ1n) is 6.33. The van der Waals surface area contributed by atoms with E-state index in [9.17, 15) is 0 Å². The maximum atomic E-state index is 6.70. The van der Waals surface area contributed by atoms with E-state index in [4.69, 9.17) is 11.6 Å². The van der Waals surface area contributed by atoms with Crippen LogP contribution in [0, 0.1) is 13.8 Å². The maximum Gasteiger partial charge on any atom is 0.0849 e. The van der Waals surface area contributed by atoms with E-state index in [2.05, 4.69) is 61.7 Å². The molecular weight excluding hydrogens is 272 g/mol. The van der Waals surface area contributed by atoms with Gasteiger partial charge in [0.2, 0.25) is 0 Å². The van der Waals surface area contributed by atoms with Crippen LogP contribution in [0.2, 0.25) is 0 Å². The predicted molar refractivity (Wildman–Crippen MR) is 85.4 cm³/mol. The molecule has 0 aliphatic rings. The van der Waals surface area contributed by atoms with Crippen molar-refractivity contribution in [2.75, 3.05) is 0 Å². The molecule has 2 heteroatoms. The summed E-state index contributed by atoms with van der Waals surface area (Å²) >= 11 is 8.46. The molecule has 0 bridgehead atoms. The van der Waals surface area contributed by atoms with Crippen LogP contribution >= 0.6 is 22.9 Å². The van der Waals surface area contributed by atoms with Gasteiger partial charge in [0.25, 0.3) is 0 Å². The molecule has 0 saturated heterocycles. The summed E-state index contributed by atoms with van der Waals surface area (Å²) in [5, 5.41) is 3.38. The molecule has 0 spiro atoms. The molecule has 0 radical (unpaired) electrons. The summed E-state index contributed by atoms with van der Waals surface area (Å²) in [5.41, 5.74) is 4.93. The number of thiophene rings is 1. The summed E-state index contributed by atoms with van der Waals surface area (Å²) in [6.45, 7) is 4.23. The van der Waals surface area contributed by atoms with Crippen LogP contribution in [0.3, 0.4) is 0 Å². The van der Waals surface area contributed by atoms with E-state index >= 15 is 0 Å². The molecule has 0 nitrogen and oxygen atoms in total. The molecule has 0 amide bonds. The van der Waals surface area contributed by atoms with Crippen molar-refractivity contribution in [1.82, 2.24) is 0 Å². The molecule has 0 fully saturated rings. The fraction of sp³-hybridized carbons (Fsp3) is 0.176. The minimum absolute atomic E-state index is 0.0743. The van der Waals surface area contributed by atoms with Gasteiger partial charge >= 0.3 is 0 Å². The Morgan fingerprint density at radius 3 is 2.42 bits per heavy atom. The van der Waals surface area contributed by atoms with Gasteiger partial charge in [-0.25, -0.2) is 0 Å². The van der Waals surface area contributed by atoms with Crippen molar-refractivity contribution < 1.29 is 0 Å². The van der Waals surface area contributed by atoms with Gasteiger partial charge < -0.3 is 0 Å². The zero-order valence-corrected chi connectivity index (χ0v) is 12.6. The molecule has 2 aromatic carbocycles. The van der Waals surface area contributed by atoms with Gasteiger partial charge in [-0.15, -0.1) is 22.9 Å². The van der Waals surface area contributed by atoms with Crippen molar-refractivity contribution in [3.05, 3.63) is 70.1 Å². The number of aryl methyl sites for hydroxylation is 2. The van der Waals surface area contributed by atoms with E-state index in [0.29, 0.717) is 0 Å². The highest BCUT2D eigenvalue weighted by molar-refractivity contribution is 7.17. The van der Waals surface area contributed by atoms with Crippen molar-refractivity contribution in [2.24, 2.45) is 0 Å². The normalized spacial score (nSPS) is 12.8. The summed E-state index contributed by atoms with van der Waals surface area (Å²) in [7, 11) is 0. The van der Waals surface area contributed by atoms with Crippen molar-refractivity contribution >= 4 is 33.0 Å². The van der Waals surface area contributed by atoms with Gasteiger partial charge in [-0.1, -0.05) is 47.5 Å². The second-order valence-corrected chi connectivity index (χ2v) is 6.32. The van der Waals surface area contributed by atoms with Gasteiger partial charge in [-0.3, -0.25) is 0 Å². The van der Waals surface area contributed by atoms with Gasteiger partial charge in [-0.05, 0) is 41.8 Å². The number of hydrogen-bond donors (Lipinski definition) is 0. The molecule has 1 unspecified atom stereocenters. The Kier molecular flexibility index (Phi) is 3.34. The Hall–Kier alpha value is -1.31. The van der Waals surface area contributed by atoms with E-state index < -0.39 is 0 Å². The van der Waals surface area contributed by atoms with E-state index in [-0.39, 0.29) is 5.38 Å². The third-order valence-corrected chi connectivity index (χ3v) is 4.79. The molecule has 96 valence electrons. The monoisotopic (exact) mass is 286 g/mol. The van der Waals surface area contributed by atoms with Gasteiger partial charge in [-0.2, -0.15) is 0 Å². The summed E-state index contributed by atoms with van der Waals surface area (Å²) in [5.74, 6) is 0. The van der Waals surface area contributed by atoms with Crippen LogP contribution in [0.15, 0.2) is 47.8 Å². The van der Waals surface area contributed by atoms with Crippen LogP contribution in [0.1, 0.15) is 27.6 Å². The average molecular weight is 287 g/mol. The molecule has 0 N–H and O–H groups in total. The number of alkyl halides is 1. The third-order valence-electron chi connectivity index (χ3n) is 3.32. The molecule has 1 heterocycles. The zero-order chi connectivity index (χ0) is 13.4. The Morgan fingerprint density at radius 1 is 1.00 bits per heavy atom. The van der Waals surface area contributed by atoms with E-state index in [1.165, 1.54) is 32.3 Å². The van der Waals surface area contributed by atoms with Crippen molar-refractivity contribution in [3.8, 4) is 0 Å². The number of fused-ring (bicyclic) bond motifs is 1. The number of halogens is 1. The van der Waals surface area contributed by atoms with Gasteiger partial charge in [0.1, 0.15) is 0 Å². The molecule has 3 rings (SSSR count). The smallest absolute Gasteiger partial charge is 0.0849 e.